The molecule has 1 amide bonds. The van der Waals surface area contributed by atoms with Crippen molar-refractivity contribution in [1.82, 2.24) is 5.32 Å². The Bertz CT molecular complexity index is 253. The van der Waals surface area contributed by atoms with Gasteiger partial charge in [0, 0.05) is 13.0 Å². The van der Waals surface area contributed by atoms with Crippen LogP contribution >= 0.6 is 0 Å². The van der Waals surface area contributed by atoms with Crippen LogP contribution in [0.2, 0.25) is 0 Å². The second-order valence-electron chi connectivity index (χ2n) is 3.53. The maximum Gasteiger partial charge on any atom is 0.320 e. The molecule has 92 valence electrons. The summed E-state index contributed by atoms with van der Waals surface area (Å²) in [6.45, 7) is 1.49. The van der Waals surface area contributed by atoms with Crippen molar-refractivity contribution < 1.29 is 24.6 Å². The van der Waals surface area contributed by atoms with Crippen LogP contribution < -0.4 is 11.1 Å². The van der Waals surface area contributed by atoms with E-state index in [9.17, 15) is 14.4 Å². The van der Waals surface area contributed by atoms with Gasteiger partial charge in [0.15, 0.2) is 0 Å². The summed E-state index contributed by atoms with van der Waals surface area (Å²) in [6, 6.07) is -1.07. The highest BCUT2D eigenvalue weighted by molar-refractivity contribution is 5.79. The van der Waals surface area contributed by atoms with Crippen LogP contribution in [0.15, 0.2) is 0 Å². The topological polar surface area (TPSA) is 130 Å². The number of nitrogens with two attached hydrogens (primary N) is 1. The molecule has 16 heavy (non-hydrogen) atoms. The summed E-state index contributed by atoms with van der Waals surface area (Å²) >= 11 is 0. The summed E-state index contributed by atoms with van der Waals surface area (Å²) in [6.07, 6.45) is 0.00241. The molecule has 2 atom stereocenters. The van der Waals surface area contributed by atoms with Crippen molar-refractivity contribution >= 4 is 17.8 Å². The Morgan fingerprint density at radius 3 is 2.25 bits per heavy atom. The predicted molar refractivity (Wildman–Crippen MR) is 54.7 cm³/mol. The second kappa shape index (κ2) is 6.78. The molecule has 0 aromatic carbocycles. The Kier molecular flexibility index (Phi) is 6.09. The van der Waals surface area contributed by atoms with E-state index < -0.39 is 29.8 Å². The molecule has 0 radical (unpaired) electrons. The van der Waals surface area contributed by atoms with Crippen LogP contribution in [0, 0.1) is 5.92 Å². The van der Waals surface area contributed by atoms with Gasteiger partial charge in [-0.25, -0.2) is 0 Å². The molecule has 0 aliphatic rings. The zero-order chi connectivity index (χ0) is 12.7. The molecule has 0 unspecified atom stereocenters. The Balaban J connectivity index is 3.75. The first-order valence-electron chi connectivity index (χ1n) is 4.82. The monoisotopic (exact) mass is 232 g/mol. The first kappa shape index (κ1) is 14.4. The van der Waals surface area contributed by atoms with Crippen LogP contribution in [0.5, 0.6) is 0 Å². The third-order valence-corrected chi connectivity index (χ3v) is 2.03. The number of carboxylic acid groups (broad SMARTS) is 2. The van der Waals surface area contributed by atoms with Crippen molar-refractivity contribution in [3.63, 3.8) is 0 Å². The first-order valence-corrected chi connectivity index (χ1v) is 4.82. The third-order valence-electron chi connectivity index (χ3n) is 2.03. The van der Waals surface area contributed by atoms with Crippen LogP contribution in [0.4, 0.5) is 0 Å². The van der Waals surface area contributed by atoms with Gasteiger partial charge < -0.3 is 21.3 Å². The van der Waals surface area contributed by atoms with E-state index in [2.05, 4.69) is 5.32 Å². The predicted octanol–water partition coefficient (Wildman–Crippen LogP) is -0.985. The molecular weight excluding hydrogens is 216 g/mol. The van der Waals surface area contributed by atoms with Gasteiger partial charge in [-0.2, -0.15) is 0 Å². The summed E-state index contributed by atoms with van der Waals surface area (Å²) in [7, 11) is 0. The summed E-state index contributed by atoms with van der Waals surface area (Å²) in [4.78, 5) is 31.9. The highest BCUT2D eigenvalue weighted by Gasteiger charge is 2.15. The number of carbonyl (C=O) groups excluding carboxylic acids is 1. The fourth-order valence-corrected chi connectivity index (χ4v) is 0.853. The fourth-order valence-electron chi connectivity index (χ4n) is 0.853. The van der Waals surface area contributed by atoms with Crippen molar-refractivity contribution in [2.45, 2.75) is 25.8 Å². The lowest BCUT2D eigenvalue weighted by molar-refractivity contribution is -0.141. The van der Waals surface area contributed by atoms with Gasteiger partial charge in [0.05, 0.1) is 5.92 Å². The third kappa shape index (κ3) is 5.97. The molecule has 0 aromatic heterocycles. The maximum atomic E-state index is 11.1. The molecule has 0 rings (SSSR count). The van der Waals surface area contributed by atoms with Gasteiger partial charge in [-0.1, -0.05) is 6.92 Å². The minimum Gasteiger partial charge on any atom is -0.481 e. The number of nitrogens with one attached hydrogen (secondary N) is 1. The number of hydrogen-bond donors (Lipinski definition) is 4. The fraction of sp³-hybridized carbons (Fsp3) is 0.667. The number of rotatable bonds is 7. The summed E-state index contributed by atoms with van der Waals surface area (Å²) in [5.74, 6) is -3.23. The molecule has 0 aliphatic carbocycles. The SMILES string of the molecule is C[C@@H](CNC(=O)CC[C@H](N)C(=O)O)C(=O)O. The molecule has 0 saturated carbocycles. The summed E-state index contributed by atoms with van der Waals surface area (Å²) in [5, 5.41) is 19.4. The highest BCUT2D eigenvalue weighted by Crippen LogP contribution is 1.96. The van der Waals surface area contributed by atoms with E-state index in [0.29, 0.717) is 0 Å². The number of aliphatic carboxylic acids is 2. The lowest BCUT2D eigenvalue weighted by atomic mass is 10.1. The maximum absolute atomic E-state index is 11.1. The van der Waals surface area contributed by atoms with Crippen molar-refractivity contribution in [2.24, 2.45) is 11.7 Å². The Morgan fingerprint density at radius 1 is 1.25 bits per heavy atom. The van der Waals surface area contributed by atoms with Crippen molar-refractivity contribution in [1.29, 1.82) is 0 Å². The largest absolute Gasteiger partial charge is 0.481 e. The smallest absolute Gasteiger partial charge is 0.320 e. The molecule has 0 aromatic rings. The van der Waals surface area contributed by atoms with Gasteiger partial charge in [-0.3, -0.25) is 14.4 Å². The molecule has 0 spiro atoms. The van der Waals surface area contributed by atoms with Crippen LogP contribution in [0.3, 0.4) is 0 Å². The molecule has 0 saturated heterocycles. The van der Waals surface area contributed by atoms with Crippen LogP contribution in [0.1, 0.15) is 19.8 Å². The Labute approximate surface area is 92.6 Å². The molecule has 7 heteroatoms. The normalized spacial score (nSPS) is 13.9. The lowest BCUT2D eigenvalue weighted by Gasteiger charge is -2.09. The molecule has 0 aliphatic heterocycles. The molecule has 5 N–H and O–H groups in total. The van der Waals surface area contributed by atoms with E-state index in [0.717, 1.165) is 0 Å². The van der Waals surface area contributed by atoms with E-state index in [-0.39, 0.29) is 19.4 Å². The second-order valence-corrected chi connectivity index (χ2v) is 3.53. The average molecular weight is 232 g/mol. The van der Waals surface area contributed by atoms with Gasteiger partial charge in [0.1, 0.15) is 6.04 Å². The Hall–Kier alpha value is -1.63. The van der Waals surface area contributed by atoms with Gasteiger partial charge in [-0.15, -0.1) is 0 Å². The van der Waals surface area contributed by atoms with E-state index in [1.165, 1.54) is 6.92 Å². The van der Waals surface area contributed by atoms with Crippen LogP contribution in [-0.4, -0.2) is 40.6 Å². The molecule has 7 nitrogen and oxygen atoms in total. The molecule has 0 bridgehead atoms. The van der Waals surface area contributed by atoms with Gasteiger partial charge in [0.2, 0.25) is 5.91 Å². The quantitative estimate of drug-likeness (QED) is 0.446. The number of carboxylic acids is 2. The van der Waals surface area contributed by atoms with E-state index >= 15 is 0 Å². The molecule has 0 fully saturated rings. The zero-order valence-corrected chi connectivity index (χ0v) is 8.97. The minimum atomic E-state index is -1.16. The lowest BCUT2D eigenvalue weighted by Crippen LogP contribution is -2.34. The van der Waals surface area contributed by atoms with E-state index in [1.54, 1.807) is 0 Å². The van der Waals surface area contributed by atoms with E-state index in [1.807, 2.05) is 0 Å². The van der Waals surface area contributed by atoms with Crippen LogP contribution in [-0.2, 0) is 14.4 Å². The molecule has 0 heterocycles. The van der Waals surface area contributed by atoms with Crippen molar-refractivity contribution in [3.05, 3.63) is 0 Å². The highest BCUT2D eigenvalue weighted by atomic mass is 16.4. The van der Waals surface area contributed by atoms with Gasteiger partial charge >= 0.3 is 11.9 Å². The average Bonchev–Trinajstić information content (AvgIpc) is 2.21. The number of hydrogen-bond acceptors (Lipinski definition) is 4. The number of amides is 1. The van der Waals surface area contributed by atoms with Gasteiger partial charge in [-0.05, 0) is 6.42 Å². The Morgan fingerprint density at radius 2 is 1.81 bits per heavy atom. The molecular formula is C9H16N2O5. The zero-order valence-electron chi connectivity index (χ0n) is 8.97. The first-order chi connectivity index (χ1) is 7.34. The van der Waals surface area contributed by atoms with Crippen LogP contribution in [0.25, 0.3) is 0 Å². The standard InChI is InChI=1S/C9H16N2O5/c1-5(8(13)14)4-11-7(12)3-2-6(10)9(15)16/h5-6H,2-4,10H2,1H3,(H,11,12)(H,13,14)(H,15,16)/t5-,6-/m0/s1. The van der Waals surface area contributed by atoms with E-state index in [4.69, 9.17) is 15.9 Å². The van der Waals surface area contributed by atoms with Crippen molar-refractivity contribution in [2.75, 3.05) is 6.54 Å². The summed E-state index contributed by atoms with van der Waals surface area (Å²) in [5.41, 5.74) is 5.20. The summed E-state index contributed by atoms with van der Waals surface area (Å²) < 4.78 is 0. The van der Waals surface area contributed by atoms with Gasteiger partial charge in [0.25, 0.3) is 0 Å². The van der Waals surface area contributed by atoms with Crippen molar-refractivity contribution in [3.8, 4) is 0 Å². The number of carbonyl (C=O) groups is 3. The minimum absolute atomic E-state index is 0.0243.